The first-order chi connectivity index (χ1) is 13.2. The van der Waals surface area contributed by atoms with Crippen LogP contribution in [0.3, 0.4) is 0 Å². The highest BCUT2D eigenvalue weighted by atomic mass is 15.3. The second-order valence-electron chi connectivity index (χ2n) is 5.98. The summed E-state index contributed by atoms with van der Waals surface area (Å²) < 4.78 is 1.54. The predicted octanol–water partition coefficient (Wildman–Crippen LogP) is 3.60. The van der Waals surface area contributed by atoms with Gasteiger partial charge in [0.1, 0.15) is 23.5 Å². The summed E-state index contributed by atoms with van der Waals surface area (Å²) >= 11 is 0. The molecule has 0 aliphatic carbocycles. The fourth-order valence-electron chi connectivity index (χ4n) is 3.26. The first-order valence-electron chi connectivity index (χ1n) is 8.22. The van der Waals surface area contributed by atoms with E-state index >= 15 is 0 Å². The van der Waals surface area contributed by atoms with Gasteiger partial charge in [0.2, 0.25) is 0 Å². The van der Waals surface area contributed by atoms with Gasteiger partial charge in [0.05, 0.1) is 27.9 Å². The van der Waals surface area contributed by atoms with Crippen LogP contribution in [0.15, 0.2) is 60.7 Å². The molecule has 0 aliphatic heterocycles. The third kappa shape index (κ3) is 2.37. The van der Waals surface area contributed by atoms with Gasteiger partial charge in [0.15, 0.2) is 0 Å². The van der Waals surface area contributed by atoms with Crippen molar-refractivity contribution < 1.29 is 0 Å². The molecule has 0 fully saturated rings. The van der Waals surface area contributed by atoms with Crippen LogP contribution < -0.4 is 11.5 Å². The van der Waals surface area contributed by atoms with Crippen LogP contribution in [-0.2, 0) is 0 Å². The zero-order chi connectivity index (χ0) is 19.0. The molecule has 0 aliphatic rings. The Morgan fingerprint density at radius 3 is 2.00 bits per heavy atom. The van der Waals surface area contributed by atoms with Crippen LogP contribution in [0.2, 0.25) is 0 Å². The maximum atomic E-state index is 9.87. The van der Waals surface area contributed by atoms with Gasteiger partial charge in [-0.25, -0.2) is 4.68 Å². The van der Waals surface area contributed by atoms with Gasteiger partial charge in [-0.2, -0.15) is 15.6 Å². The summed E-state index contributed by atoms with van der Waals surface area (Å²) in [6, 6.07) is 22.9. The lowest BCUT2D eigenvalue weighted by molar-refractivity contribution is 0.907. The van der Waals surface area contributed by atoms with E-state index in [1.54, 1.807) is 0 Å². The molecule has 6 heteroatoms. The van der Waals surface area contributed by atoms with Gasteiger partial charge in [0, 0.05) is 5.56 Å². The number of hydrogen-bond donors (Lipinski definition) is 2. The molecule has 4 rings (SSSR count). The molecule has 6 nitrogen and oxygen atoms in total. The van der Waals surface area contributed by atoms with Gasteiger partial charge >= 0.3 is 0 Å². The molecule has 27 heavy (non-hydrogen) atoms. The lowest BCUT2D eigenvalue weighted by atomic mass is 9.91. The number of para-hydroxylation sites is 1. The van der Waals surface area contributed by atoms with Crippen LogP contribution in [0, 0.1) is 22.7 Å². The third-order valence-electron chi connectivity index (χ3n) is 4.48. The van der Waals surface area contributed by atoms with Crippen molar-refractivity contribution in [1.82, 2.24) is 9.78 Å². The van der Waals surface area contributed by atoms with Gasteiger partial charge < -0.3 is 11.5 Å². The van der Waals surface area contributed by atoms with Crippen molar-refractivity contribution in [3.05, 3.63) is 71.8 Å². The maximum absolute atomic E-state index is 9.87. The number of fused-ring (bicyclic) bond motifs is 1. The van der Waals surface area contributed by atoms with E-state index in [0.717, 1.165) is 11.3 Å². The molecule has 0 saturated carbocycles. The van der Waals surface area contributed by atoms with Crippen LogP contribution >= 0.6 is 0 Å². The molecule has 0 spiro atoms. The average Bonchev–Trinajstić information content (AvgIpc) is 3.06. The normalized spacial score (nSPS) is 10.4. The number of aromatic nitrogens is 2. The standard InChI is InChI=1S/C21H14N6/c22-11-15-17(13-7-3-1-4-8-13)16(12-23)20-18(19(15)24)21(25)27(26-20)14-9-5-2-6-10-14/h1-10H,24-25H2. The SMILES string of the molecule is N#Cc1c(-c2ccccc2)c(C#N)c2nn(-c3ccccc3)c(N)c2c1N. The Labute approximate surface area is 155 Å². The Hall–Kier alpha value is -4.29. The second kappa shape index (κ2) is 6.21. The number of hydrogen-bond acceptors (Lipinski definition) is 5. The minimum absolute atomic E-state index is 0.226. The van der Waals surface area contributed by atoms with Gasteiger partial charge in [0.25, 0.3) is 0 Å². The van der Waals surface area contributed by atoms with E-state index < -0.39 is 0 Å². The van der Waals surface area contributed by atoms with Crippen LogP contribution in [0.1, 0.15) is 11.1 Å². The van der Waals surface area contributed by atoms with E-state index in [-0.39, 0.29) is 16.8 Å². The summed E-state index contributed by atoms with van der Waals surface area (Å²) in [6.45, 7) is 0. The van der Waals surface area contributed by atoms with Crippen molar-refractivity contribution in [1.29, 1.82) is 10.5 Å². The molecule has 0 radical (unpaired) electrons. The molecule has 128 valence electrons. The lowest BCUT2D eigenvalue weighted by Crippen LogP contribution is -2.02. The van der Waals surface area contributed by atoms with Gasteiger partial charge in [-0.05, 0) is 17.7 Å². The molecular weight excluding hydrogens is 336 g/mol. The number of nitrogens with two attached hydrogens (primary N) is 2. The van der Waals surface area contributed by atoms with E-state index in [2.05, 4.69) is 17.2 Å². The number of nitrogen functional groups attached to an aromatic ring is 2. The molecular formula is C21H14N6. The molecule has 4 N–H and O–H groups in total. The molecule has 4 aromatic rings. The number of nitrogens with zero attached hydrogens (tertiary/aromatic N) is 4. The average molecular weight is 350 g/mol. The highest BCUT2D eigenvalue weighted by Gasteiger charge is 2.24. The van der Waals surface area contributed by atoms with E-state index in [0.29, 0.717) is 22.3 Å². The summed E-state index contributed by atoms with van der Waals surface area (Å²) in [5.74, 6) is 0.293. The van der Waals surface area contributed by atoms with Crippen molar-refractivity contribution in [2.24, 2.45) is 0 Å². The molecule has 0 saturated heterocycles. The fourth-order valence-corrected chi connectivity index (χ4v) is 3.26. The molecule has 0 atom stereocenters. The molecule has 3 aromatic carbocycles. The van der Waals surface area contributed by atoms with E-state index in [4.69, 9.17) is 11.5 Å². The van der Waals surface area contributed by atoms with E-state index in [1.807, 2.05) is 60.7 Å². The highest BCUT2D eigenvalue weighted by molar-refractivity contribution is 6.08. The number of rotatable bonds is 2. The van der Waals surface area contributed by atoms with Crippen LogP contribution in [-0.4, -0.2) is 9.78 Å². The van der Waals surface area contributed by atoms with Gasteiger partial charge in [-0.1, -0.05) is 48.5 Å². The molecule has 0 amide bonds. The Morgan fingerprint density at radius 1 is 0.815 bits per heavy atom. The zero-order valence-corrected chi connectivity index (χ0v) is 14.2. The third-order valence-corrected chi connectivity index (χ3v) is 4.48. The minimum atomic E-state index is 0.226. The monoisotopic (exact) mass is 350 g/mol. The first-order valence-corrected chi connectivity index (χ1v) is 8.22. The smallest absolute Gasteiger partial charge is 0.137 e. The Morgan fingerprint density at radius 2 is 1.41 bits per heavy atom. The van der Waals surface area contributed by atoms with E-state index in [9.17, 15) is 10.5 Å². The summed E-state index contributed by atoms with van der Waals surface area (Å²) in [6.07, 6.45) is 0. The van der Waals surface area contributed by atoms with Gasteiger partial charge in [-0.3, -0.25) is 0 Å². The largest absolute Gasteiger partial charge is 0.397 e. The number of benzene rings is 3. The summed E-state index contributed by atoms with van der Waals surface area (Å²) in [4.78, 5) is 0. The second-order valence-corrected chi connectivity index (χ2v) is 5.98. The Bertz CT molecular complexity index is 1240. The number of anilines is 2. The summed E-state index contributed by atoms with van der Waals surface area (Å²) in [5, 5.41) is 24.6. The van der Waals surface area contributed by atoms with Crippen LogP contribution in [0.25, 0.3) is 27.7 Å². The number of nitriles is 2. The van der Waals surface area contributed by atoms with Crippen molar-refractivity contribution in [3.8, 4) is 29.0 Å². The minimum Gasteiger partial charge on any atom is -0.397 e. The van der Waals surface area contributed by atoms with Gasteiger partial charge in [-0.15, -0.1) is 0 Å². The van der Waals surface area contributed by atoms with Crippen molar-refractivity contribution in [2.75, 3.05) is 11.5 Å². The van der Waals surface area contributed by atoms with Crippen LogP contribution in [0.4, 0.5) is 11.5 Å². The highest BCUT2D eigenvalue weighted by Crippen LogP contribution is 2.40. The fraction of sp³-hybridized carbons (Fsp3) is 0. The zero-order valence-electron chi connectivity index (χ0n) is 14.2. The van der Waals surface area contributed by atoms with Crippen molar-refractivity contribution >= 4 is 22.4 Å². The Kier molecular flexibility index (Phi) is 3.73. The topological polar surface area (TPSA) is 117 Å². The predicted molar refractivity (Wildman–Crippen MR) is 105 cm³/mol. The first kappa shape index (κ1) is 16.2. The molecule has 1 aromatic heterocycles. The van der Waals surface area contributed by atoms with Crippen molar-refractivity contribution in [3.63, 3.8) is 0 Å². The summed E-state index contributed by atoms with van der Waals surface area (Å²) in [5.41, 5.74) is 15.7. The quantitative estimate of drug-likeness (QED) is 0.536. The molecule has 0 bridgehead atoms. The summed E-state index contributed by atoms with van der Waals surface area (Å²) in [7, 11) is 0. The van der Waals surface area contributed by atoms with E-state index in [1.165, 1.54) is 4.68 Å². The van der Waals surface area contributed by atoms with Crippen LogP contribution in [0.5, 0.6) is 0 Å². The Balaban J connectivity index is 2.16. The maximum Gasteiger partial charge on any atom is 0.137 e. The van der Waals surface area contributed by atoms with Crippen molar-refractivity contribution in [2.45, 2.75) is 0 Å². The lowest BCUT2D eigenvalue weighted by Gasteiger charge is -2.11. The molecule has 1 heterocycles. The molecule has 0 unspecified atom stereocenters.